The highest BCUT2D eigenvalue weighted by atomic mass is 15.2. The van der Waals surface area contributed by atoms with Crippen LogP contribution in [0.15, 0.2) is 24.3 Å². The second-order valence-corrected chi connectivity index (χ2v) is 5.08. The third-order valence-corrected chi connectivity index (χ3v) is 3.43. The van der Waals surface area contributed by atoms with Crippen molar-refractivity contribution in [3.05, 3.63) is 29.8 Å². The zero-order valence-electron chi connectivity index (χ0n) is 9.66. The predicted molar refractivity (Wildman–Crippen MR) is 64.6 cm³/mol. The van der Waals surface area contributed by atoms with Crippen molar-refractivity contribution in [1.29, 1.82) is 0 Å². The van der Waals surface area contributed by atoms with Gasteiger partial charge in [-0.2, -0.15) is 0 Å². The van der Waals surface area contributed by atoms with Crippen molar-refractivity contribution in [2.75, 3.05) is 12.3 Å². The first-order valence-electron chi connectivity index (χ1n) is 5.67. The Morgan fingerprint density at radius 2 is 1.93 bits per heavy atom. The zero-order chi connectivity index (χ0) is 10.9. The van der Waals surface area contributed by atoms with E-state index >= 15 is 0 Å². The number of hydrogen-bond donors (Lipinski definition) is 1. The molecule has 0 aromatic heterocycles. The van der Waals surface area contributed by atoms with Gasteiger partial charge in [-0.1, -0.05) is 12.1 Å². The van der Waals surface area contributed by atoms with Crippen molar-refractivity contribution < 1.29 is 0 Å². The minimum atomic E-state index is 0.362. The molecule has 1 aliphatic rings. The van der Waals surface area contributed by atoms with Crippen LogP contribution in [0.25, 0.3) is 0 Å². The van der Waals surface area contributed by atoms with Gasteiger partial charge in [-0.3, -0.25) is 4.90 Å². The van der Waals surface area contributed by atoms with Crippen LogP contribution in [0.1, 0.15) is 32.3 Å². The molecule has 82 valence electrons. The van der Waals surface area contributed by atoms with E-state index in [9.17, 15) is 0 Å². The van der Waals surface area contributed by atoms with E-state index in [-0.39, 0.29) is 0 Å². The number of hydrogen-bond acceptors (Lipinski definition) is 2. The van der Waals surface area contributed by atoms with Gasteiger partial charge in [-0.05, 0) is 50.9 Å². The van der Waals surface area contributed by atoms with Gasteiger partial charge in [-0.25, -0.2) is 0 Å². The smallest absolute Gasteiger partial charge is 0.0314 e. The summed E-state index contributed by atoms with van der Waals surface area (Å²) in [7, 11) is 0. The highest BCUT2D eigenvalue weighted by Crippen LogP contribution is 2.29. The molecule has 2 rings (SSSR count). The predicted octanol–water partition coefficient (Wildman–Crippen LogP) is 2.64. The molecule has 2 nitrogen and oxygen atoms in total. The molecule has 1 saturated heterocycles. The number of likely N-dealkylation sites (tertiary alicyclic amines) is 1. The van der Waals surface area contributed by atoms with Crippen molar-refractivity contribution >= 4 is 5.69 Å². The van der Waals surface area contributed by atoms with Gasteiger partial charge in [0.25, 0.3) is 0 Å². The lowest BCUT2D eigenvalue weighted by Crippen LogP contribution is -2.37. The Morgan fingerprint density at radius 1 is 1.27 bits per heavy atom. The largest absolute Gasteiger partial charge is 0.399 e. The van der Waals surface area contributed by atoms with Gasteiger partial charge in [0.2, 0.25) is 0 Å². The molecule has 0 aliphatic carbocycles. The van der Waals surface area contributed by atoms with Crippen molar-refractivity contribution in [2.45, 2.75) is 38.8 Å². The SMILES string of the molecule is CC1(C)CCCN1Cc1ccc(N)cc1. The number of nitrogens with two attached hydrogens (primary N) is 1. The Morgan fingerprint density at radius 3 is 2.47 bits per heavy atom. The maximum atomic E-state index is 5.67. The lowest BCUT2D eigenvalue weighted by Gasteiger charge is -2.31. The molecule has 0 saturated carbocycles. The first kappa shape index (κ1) is 10.5. The fourth-order valence-electron chi connectivity index (χ4n) is 2.30. The van der Waals surface area contributed by atoms with Crippen LogP contribution < -0.4 is 5.73 Å². The topological polar surface area (TPSA) is 29.3 Å². The molecule has 2 heteroatoms. The lowest BCUT2D eigenvalue weighted by molar-refractivity contribution is 0.166. The lowest BCUT2D eigenvalue weighted by atomic mass is 10.0. The molecular weight excluding hydrogens is 184 g/mol. The summed E-state index contributed by atoms with van der Waals surface area (Å²) in [6.07, 6.45) is 2.63. The minimum Gasteiger partial charge on any atom is -0.399 e. The first-order chi connectivity index (χ1) is 7.08. The minimum absolute atomic E-state index is 0.362. The summed E-state index contributed by atoms with van der Waals surface area (Å²) in [6, 6.07) is 8.23. The molecule has 0 spiro atoms. The highest BCUT2D eigenvalue weighted by Gasteiger charge is 2.31. The van der Waals surface area contributed by atoms with Crippen LogP contribution in [0.4, 0.5) is 5.69 Å². The molecule has 0 radical (unpaired) electrons. The Bertz CT molecular complexity index is 327. The van der Waals surface area contributed by atoms with E-state index in [0.717, 1.165) is 12.2 Å². The van der Waals surface area contributed by atoms with Gasteiger partial charge >= 0.3 is 0 Å². The number of benzene rings is 1. The van der Waals surface area contributed by atoms with Crippen LogP contribution in [-0.2, 0) is 6.54 Å². The molecule has 0 amide bonds. The van der Waals surface area contributed by atoms with Crippen LogP contribution >= 0.6 is 0 Å². The summed E-state index contributed by atoms with van der Waals surface area (Å²) in [5, 5.41) is 0. The Kier molecular flexibility index (Phi) is 2.70. The standard InChI is InChI=1S/C13H20N2/c1-13(2)8-3-9-15(13)10-11-4-6-12(14)7-5-11/h4-7H,3,8-10,14H2,1-2H3. The van der Waals surface area contributed by atoms with Gasteiger partial charge in [0.1, 0.15) is 0 Å². The van der Waals surface area contributed by atoms with Crippen LogP contribution in [0.3, 0.4) is 0 Å². The van der Waals surface area contributed by atoms with E-state index in [4.69, 9.17) is 5.73 Å². The van der Waals surface area contributed by atoms with E-state index in [2.05, 4.69) is 30.9 Å². The summed E-state index contributed by atoms with van der Waals surface area (Å²) >= 11 is 0. The van der Waals surface area contributed by atoms with Crippen molar-refractivity contribution in [1.82, 2.24) is 4.90 Å². The van der Waals surface area contributed by atoms with Crippen molar-refractivity contribution in [3.8, 4) is 0 Å². The monoisotopic (exact) mass is 204 g/mol. The van der Waals surface area contributed by atoms with E-state index in [1.165, 1.54) is 24.9 Å². The van der Waals surface area contributed by atoms with Gasteiger partial charge in [0, 0.05) is 17.8 Å². The second-order valence-electron chi connectivity index (χ2n) is 5.08. The Balaban J connectivity index is 2.06. The molecular formula is C13H20N2. The molecule has 2 N–H and O–H groups in total. The van der Waals surface area contributed by atoms with Gasteiger partial charge in [0.05, 0.1) is 0 Å². The highest BCUT2D eigenvalue weighted by molar-refractivity contribution is 5.39. The zero-order valence-corrected chi connectivity index (χ0v) is 9.66. The third kappa shape index (κ3) is 2.32. The van der Waals surface area contributed by atoms with Gasteiger partial charge in [0.15, 0.2) is 0 Å². The number of rotatable bonds is 2. The molecule has 1 aromatic rings. The maximum Gasteiger partial charge on any atom is 0.0314 e. The van der Waals surface area contributed by atoms with Crippen LogP contribution in [0.5, 0.6) is 0 Å². The number of nitrogen functional groups attached to an aromatic ring is 1. The Hall–Kier alpha value is -1.02. The number of anilines is 1. The summed E-state index contributed by atoms with van der Waals surface area (Å²) in [4.78, 5) is 2.55. The molecule has 0 unspecified atom stereocenters. The molecule has 1 heterocycles. The average Bonchev–Trinajstić information content (AvgIpc) is 2.50. The number of nitrogens with zero attached hydrogens (tertiary/aromatic N) is 1. The molecule has 0 bridgehead atoms. The summed E-state index contributed by atoms with van der Waals surface area (Å²) in [6.45, 7) is 6.93. The van der Waals surface area contributed by atoms with E-state index < -0.39 is 0 Å². The third-order valence-electron chi connectivity index (χ3n) is 3.43. The normalized spacial score (nSPS) is 20.7. The van der Waals surface area contributed by atoms with Crippen LogP contribution in [-0.4, -0.2) is 17.0 Å². The van der Waals surface area contributed by atoms with Gasteiger partial charge < -0.3 is 5.73 Å². The summed E-state index contributed by atoms with van der Waals surface area (Å²) in [5.74, 6) is 0. The second kappa shape index (κ2) is 3.86. The van der Waals surface area contributed by atoms with Crippen molar-refractivity contribution in [2.24, 2.45) is 0 Å². The van der Waals surface area contributed by atoms with E-state index in [1.807, 2.05) is 12.1 Å². The maximum absolute atomic E-state index is 5.67. The molecule has 0 atom stereocenters. The average molecular weight is 204 g/mol. The van der Waals surface area contributed by atoms with Crippen molar-refractivity contribution in [3.63, 3.8) is 0 Å². The van der Waals surface area contributed by atoms with Gasteiger partial charge in [-0.15, -0.1) is 0 Å². The van der Waals surface area contributed by atoms with E-state index in [0.29, 0.717) is 5.54 Å². The van der Waals surface area contributed by atoms with Crippen LogP contribution in [0, 0.1) is 0 Å². The fraction of sp³-hybridized carbons (Fsp3) is 0.538. The summed E-state index contributed by atoms with van der Waals surface area (Å²) in [5.41, 5.74) is 8.24. The molecule has 15 heavy (non-hydrogen) atoms. The first-order valence-corrected chi connectivity index (χ1v) is 5.67. The fourth-order valence-corrected chi connectivity index (χ4v) is 2.30. The molecule has 1 fully saturated rings. The quantitative estimate of drug-likeness (QED) is 0.750. The van der Waals surface area contributed by atoms with Crippen LogP contribution in [0.2, 0.25) is 0 Å². The molecule has 1 aliphatic heterocycles. The van der Waals surface area contributed by atoms with E-state index in [1.54, 1.807) is 0 Å². The Labute approximate surface area is 92.1 Å². The molecule has 1 aromatic carbocycles. The summed E-state index contributed by atoms with van der Waals surface area (Å²) < 4.78 is 0.